The monoisotopic (exact) mass is 524 g/mol. The van der Waals surface area contributed by atoms with Gasteiger partial charge in [0.15, 0.2) is 9.84 Å². The highest BCUT2D eigenvalue weighted by molar-refractivity contribution is 7.90. The lowest BCUT2D eigenvalue weighted by molar-refractivity contribution is 0.0963. The molecule has 2 N–H and O–H groups in total. The molecule has 2 aliphatic rings. The highest BCUT2D eigenvalue weighted by atomic mass is 32.2. The van der Waals surface area contributed by atoms with Crippen LogP contribution < -0.4 is 20.3 Å². The molecule has 2 aliphatic heterocycles. The van der Waals surface area contributed by atoms with Crippen LogP contribution in [0.5, 0.6) is 5.75 Å². The molecule has 3 aromatic rings. The van der Waals surface area contributed by atoms with Crippen LogP contribution in [0.4, 0.5) is 29.0 Å². The third-order valence-corrected chi connectivity index (χ3v) is 7.97. The molecule has 2 fully saturated rings. The van der Waals surface area contributed by atoms with Crippen LogP contribution in [0.25, 0.3) is 0 Å². The molecule has 2 saturated heterocycles. The fraction of sp³-hybridized carbons (Fsp3) is 0.400. The fourth-order valence-corrected chi connectivity index (χ4v) is 5.46. The van der Waals surface area contributed by atoms with Crippen LogP contribution in [0.1, 0.15) is 0 Å². The number of piperazine rings is 1. The van der Waals surface area contributed by atoms with Gasteiger partial charge in [0.05, 0.1) is 23.4 Å². The van der Waals surface area contributed by atoms with E-state index in [2.05, 4.69) is 53.4 Å². The van der Waals surface area contributed by atoms with Crippen molar-refractivity contribution in [2.45, 2.75) is 10.9 Å². The highest BCUT2D eigenvalue weighted by Crippen LogP contribution is 2.34. The first-order valence-corrected chi connectivity index (χ1v) is 14.1. The molecule has 0 saturated carbocycles. The second kappa shape index (κ2) is 10.5. The second-order valence-corrected chi connectivity index (χ2v) is 11.4. The van der Waals surface area contributed by atoms with Crippen molar-refractivity contribution in [1.29, 1.82) is 0 Å². The van der Waals surface area contributed by atoms with E-state index in [0.29, 0.717) is 23.4 Å². The standard InChI is InChI=1S/C25H32N8O3S/c1-31-10-12-32(13-11-31)19-15-33(16-19)18-8-9-20(22(14-18)36-2)28-24-26-17-27-25(30-24)29-21-6-4-5-7-23(21)37(3,34)35/h4-9,14,17,19H,10-13,15-16H2,1-3H3,(H2,26,27,28,29,30). The number of rotatable bonds is 8. The van der Waals surface area contributed by atoms with Gasteiger partial charge in [0.25, 0.3) is 0 Å². The zero-order valence-electron chi connectivity index (χ0n) is 21.3. The van der Waals surface area contributed by atoms with Gasteiger partial charge in [-0.2, -0.15) is 4.98 Å². The number of hydrogen-bond donors (Lipinski definition) is 2. The first-order valence-electron chi connectivity index (χ1n) is 12.2. The van der Waals surface area contributed by atoms with Crippen molar-refractivity contribution in [3.8, 4) is 5.75 Å². The van der Waals surface area contributed by atoms with E-state index >= 15 is 0 Å². The van der Waals surface area contributed by atoms with E-state index in [-0.39, 0.29) is 10.8 Å². The number of methoxy groups -OCH3 is 1. The maximum absolute atomic E-state index is 12.1. The minimum Gasteiger partial charge on any atom is -0.494 e. The highest BCUT2D eigenvalue weighted by Gasteiger charge is 2.33. The SMILES string of the molecule is COc1cc(N2CC(N3CCN(C)CC3)C2)ccc1Nc1ncnc(Nc2ccccc2S(C)(=O)=O)n1. The van der Waals surface area contributed by atoms with Gasteiger partial charge in [0.2, 0.25) is 11.9 Å². The van der Waals surface area contributed by atoms with Crippen LogP contribution in [0.2, 0.25) is 0 Å². The van der Waals surface area contributed by atoms with Crippen LogP contribution in [0.15, 0.2) is 53.7 Å². The Hall–Kier alpha value is -3.48. The zero-order chi connectivity index (χ0) is 26.0. The lowest BCUT2D eigenvalue weighted by atomic mass is 10.0. The van der Waals surface area contributed by atoms with E-state index in [9.17, 15) is 8.42 Å². The Morgan fingerprint density at radius 2 is 1.62 bits per heavy atom. The quantitative estimate of drug-likeness (QED) is 0.452. The number of hydrogen-bond acceptors (Lipinski definition) is 11. The first kappa shape index (κ1) is 25.2. The topological polar surface area (TPSA) is 116 Å². The summed E-state index contributed by atoms with van der Waals surface area (Å²) in [6.07, 6.45) is 2.52. The van der Waals surface area contributed by atoms with E-state index in [4.69, 9.17) is 4.74 Å². The van der Waals surface area contributed by atoms with Gasteiger partial charge in [-0.15, -0.1) is 0 Å². The molecule has 196 valence electrons. The molecule has 0 atom stereocenters. The van der Waals surface area contributed by atoms with Gasteiger partial charge >= 0.3 is 0 Å². The Morgan fingerprint density at radius 1 is 0.946 bits per heavy atom. The molecule has 0 radical (unpaired) electrons. The Balaban J connectivity index is 1.26. The molecule has 1 aromatic heterocycles. The van der Waals surface area contributed by atoms with Gasteiger partial charge < -0.3 is 25.2 Å². The van der Waals surface area contributed by atoms with E-state index < -0.39 is 9.84 Å². The molecule has 5 rings (SSSR count). The molecule has 0 unspecified atom stereocenters. The number of ether oxygens (including phenoxy) is 1. The van der Waals surface area contributed by atoms with Crippen molar-refractivity contribution in [1.82, 2.24) is 24.8 Å². The van der Waals surface area contributed by atoms with Crippen LogP contribution in [-0.2, 0) is 9.84 Å². The lowest BCUT2D eigenvalue weighted by Gasteiger charge is -2.48. The minimum absolute atomic E-state index is 0.169. The number of para-hydroxylation sites is 1. The summed E-state index contributed by atoms with van der Waals surface area (Å²) in [6, 6.07) is 13.3. The summed E-state index contributed by atoms with van der Waals surface area (Å²) in [6.45, 7) is 6.54. The van der Waals surface area contributed by atoms with Crippen molar-refractivity contribution in [3.05, 3.63) is 48.8 Å². The van der Waals surface area contributed by atoms with Gasteiger partial charge in [-0.05, 0) is 31.3 Å². The van der Waals surface area contributed by atoms with E-state index in [1.165, 1.54) is 12.4 Å². The van der Waals surface area contributed by atoms with Gasteiger partial charge in [-0.1, -0.05) is 12.1 Å². The number of aromatic nitrogens is 3. The number of nitrogens with one attached hydrogen (secondary N) is 2. The third kappa shape index (κ3) is 5.76. The average molecular weight is 525 g/mol. The Bertz CT molecular complexity index is 1360. The maximum Gasteiger partial charge on any atom is 0.232 e. The van der Waals surface area contributed by atoms with E-state index in [1.807, 2.05) is 12.1 Å². The number of nitrogens with zero attached hydrogens (tertiary/aromatic N) is 6. The smallest absolute Gasteiger partial charge is 0.232 e. The molecule has 0 spiro atoms. The fourth-order valence-electron chi connectivity index (χ4n) is 4.61. The summed E-state index contributed by atoms with van der Waals surface area (Å²) < 4.78 is 29.9. The van der Waals surface area contributed by atoms with Crippen LogP contribution in [-0.4, -0.2) is 98.9 Å². The number of benzene rings is 2. The molecule has 2 aromatic carbocycles. The Kier molecular flexibility index (Phi) is 7.13. The molecular formula is C25H32N8O3S. The largest absolute Gasteiger partial charge is 0.494 e. The van der Waals surface area contributed by atoms with Crippen molar-refractivity contribution in [2.75, 3.05) is 75.2 Å². The number of anilines is 5. The maximum atomic E-state index is 12.1. The summed E-state index contributed by atoms with van der Waals surface area (Å²) >= 11 is 0. The summed E-state index contributed by atoms with van der Waals surface area (Å²) in [5.74, 6) is 1.21. The van der Waals surface area contributed by atoms with Gasteiger partial charge in [0, 0.05) is 63.3 Å². The summed E-state index contributed by atoms with van der Waals surface area (Å²) in [5, 5.41) is 6.17. The number of likely N-dealkylation sites (N-methyl/N-ethyl adjacent to an activating group) is 1. The van der Waals surface area contributed by atoms with Crippen molar-refractivity contribution in [2.24, 2.45) is 0 Å². The van der Waals surface area contributed by atoms with Gasteiger partial charge in [-0.25, -0.2) is 18.4 Å². The molecule has 3 heterocycles. The Morgan fingerprint density at radius 3 is 2.30 bits per heavy atom. The van der Waals surface area contributed by atoms with Crippen molar-refractivity contribution in [3.63, 3.8) is 0 Å². The predicted octanol–water partition coefficient (Wildman–Crippen LogP) is 2.21. The van der Waals surface area contributed by atoms with Gasteiger partial charge in [-0.3, -0.25) is 4.90 Å². The molecule has 0 aliphatic carbocycles. The summed E-state index contributed by atoms with van der Waals surface area (Å²) in [5.41, 5.74) is 2.23. The number of sulfone groups is 1. The second-order valence-electron chi connectivity index (χ2n) is 9.43. The van der Waals surface area contributed by atoms with Crippen molar-refractivity contribution >= 4 is 38.8 Å². The van der Waals surface area contributed by atoms with Gasteiger partial charge in [0.1, 0.15) is 12.1 Å². The van der Waals surface area contributed by atoms with E-state index in [0.717, 1.165) is 56.9 Å². The molecule has 12 heteroatoms. The van der Waals surface area contributed by atoms with Crippen LogP contribution >= 0.6 is 0 Å². The molecule has 37 heavy (non-hydrogen) atoms. The summed E-state index contributed by atoms with van der Waals surface area (Å²) in [4.78, 5) is 20.2. The summed E-state index contributed by atoms with van der Waals surface area (Å²) in [7, 11) is 0.398. The third-order valence-electron chi connectivity index (χ3n) is 6.82. The van der Waals surface area contributed by atoms with Crippen LogP contribution in [0.3, 0.4) is 0 Å². The van der Waals surface area contributed by atoms with Crippen LogP contribution in [0, 0.1) is 0 Å². The molecular weight excluding hydrogens is 492 g/mol. The first-order chi connectivity index (χ1) is 17.8. The zero-order valence-corrected chi connectivity index (χ0v) is 22.1. The predicted molar refractivity (Wildman–Crippen MR) is 144 cm³/mol. The van der Waals surface area contributed by atoms with E-state index in [1.54, 1.807) is 25.3 Å². The average Bonchev–Trinajstić information content (AvgIpc) is 2.85. The Labute approximate surface area is 217 Å². The molecule has 11 nitrogen and oxygen atoms in total. The minimum atomic E-state index is -3.42. The van der Waals surface area contributed by atoms with Crippen molar-refractivity contribution < 1.29 is 13.2 Å². The molecule has 0 amide bonds. The molecule has 0 bridgehead atoms. The lowest BCUT2D eigenvalue weighted by Crippen LogP contribution is -2.63. The normalized spacial score (nSPS) is 17.3.